The Morgan fingerprint density at radius 1 is 1.67 bits per heavy atom. The van der Waals surface area contributed by atoms with Crippen molar-refractivity contribution in [3.63, 3.8) is 0 Å². The summed E-state index contributed by atoms with van der Waals surface area (Å²) in [5.41, 5.74) is 0. The van der Waals surface area contributed by atoms with Crippen LogP contribution in [0.4, 0.5) is 0 Å². The molecule has 0 aromatic carbocycles. The molecule has 0 saturated carbocycles. The second kappa shape index (κ2) is 5.08. The number of hydrogen-bond donors (Lipinski definition) is 1. The molecule has 0 aliphatic carbocycles. The first-order valence-corrected chi connectivity index (χ1v) is 7.45. The van der Waals surface area contributed by atoms with Gasteiger partial charge in [0.05, 0.1) is 18.2 Å². The van der Waals surface area contributed by atoms with Crippen molar-refractivity contribution >= 4 is 10.0 Å². The van der Waals surface area contributed by atoms with Crippen molar-refractivity contribution in [3.05, 3.63) is 12.0 Å². The van der Waals surface area contributed by atoms with E-state index >= 15 is 0 Å². The zero-order valence-electron chi connectivity index (χ0n) is 10.3. The van der Waals surface area contributed by atoms with Gasteiger partial charge in [-0.05, 0) is 12.8 Å². The number of hydrogen-bond acceptors (Lipinski definition) is 4. The van der Waals surface area contributed by atoms with E-state index in [1.165, 1.54) is 10.5 Å². The number of aryl methyl sites for hydroxylation is 1. The Morgan fingerprint density at radius 2 is 2.44 bits per heavy atom. The number of nitrogens with zero attached hydrogens (tertiary/aromatic N) is 3. The normalized spacial score (nSPS) is 21.7. The van der Waals surface area contributed by atoms with Gasteiger partial charge in [-0.25, -0.2) is 13.4 Å². The molecule has 0 spiro atoms. The summed E-state index contributed by atoms with van der Waals surface area (Å²) in [6.45, 7) is 2.65. The summed E-state index contributed by atoms with van der Waals surface area (Å²) >= 11 is 0. The number of aromatic nitrogens is 2. The van der Waals surface area contributed by atoms with Gasteiger partial charge in [0.2, 0.25) is 0 Å². The maximum Gasteiger partial charge on any atom is 0.260 e. The van der Waals surface area contributed by atoms with Crippen LogP contribution in [0, 0.1) is 17.2 Å². The van der Waals surface area contributed by atoms with Crippen molar-refractivity contribution in [2.24, 2.45) is 5.92 Å². The standard InChI is InChI=1S/C11H16N4O2S/c1-2-10-13-7-11(14-10)18(16,17)15-5-3-4-9(6-12)8-15/h7,9H,2-5,8H2,1H3,(H,13,14). The maximum atomic E-state index is 12.3. The molecule has 6 nitrogen and oxygen atoms in total. The molecule has 1 atom stereocenters. The zero-order valence-corrected chi connectivity index (χ0v) is 11.1. The molecule has 1 aliphatic heterocycles. The second-order valence-electron chi connectivity index (χ2n) is 4.38. The molecular formula is C11H16N4O2S. The Labute approximate surface area is 107 Å². The lowest BCUT2D eigenvalue weighted by molar-refractivity contribution is 0.304. The van der Waals surface area contributed by atoms with Crippen molar-refractivity contribution in [1.82, 2.24) is 14.3 Å². The summed E-state index contributed by atoms with van der Waals surface area (Å²) in [5, 5.41) is 9.02. The Balaban J connectivity index is 2.23. The van der Waals surface area contributed by atoms with Gasteiger partial charge in [-0.15, -0.1) is 0 Å². The monoisotopic (exact) mass is 268 g/mol. The summed E-state index contributed by atoms with van der Waals surface area (Å²) in [7, 11) is -3.53. The first-order valence-electron chi connectivity index (χ1n) is 6.01. The number of imidazole rings is 1. The van der Waals surface area contributed by atoms with Gasteiger partial charge in [-0.3, -0.25) is 0 Å². The molecule has 2 rings (SSSR count). The SMILES string of the molecule is CCc1ncc(S(=O)(=O)N2CCCC(C#N)C2)[nH]1. The van der Waals surface area contributed by atoms with Gasteiger partial charge >= 0.3 is 0 Å². The van der Waals surface area contributed by atoms with Crippen LogP contribution in [0.15, 0.2) is 11.2 Å². The van der Waals surface area contributed by atoms with Gasteiger partial charge in [0.15, 0.2) is 5.03 Å². The molecule has 1 fully saturated rings. The van der Waals surface area contributed by atoms with Crippen molar-refractivity contribution in [3.8, 4) is 6.07 Å². The van der Waals surface area contributed by atoms with Gasteiger partial charge in [0.25, 0.3) is 10.0 Å². The number of nitriles is 1. The van der Waals surface area contributed by atoms with Gasteiger partial charge in [0, 0.05) is 19.5 Å². The highest BCUT2D eigenvalue weighted by Crippen LogP contribution is 2.22. The van der Waals surface area contributed by atoms with Crippen LogP contribution in [0.2, 0.25) is 0 Å². The average molecular weight is 268 g/mol. The molecule has 2 heterocycles. The van der Waals surface area contributed by atoms with E-state index in [2.05, 4.69) is 16.0 Å². The highest BCUT2D eigenvalue weighted by molar-refractivity contribution is 7.89. The summed E-state index contributed by atoms with van der Waals surface area (Å²) in [6.07, 6.45) is 3.51. The Bertz CT molecular complexity index is 558. The highest BCUT2D eigenvalue weighted by atomic mass is 32.2. The lowest BCUT2D eigenvalue weighted by atomic mass is 10.0. The molecular weight excluding hydrogens is 252 g/mol. The highest BCUT2D eigenvalue weighted by Gasteiger charge is 2.31. The number of aromatic amines is 1. The summed E-state index contributed by atoms with van der Waals surface area (Å²) in [4.78, 5) is 6.82. The van der Waals surface area contributed by atoms with E-state index in [0.717, 1.165) is 12.8 Å². The number of sulfonamides is 1. The Kier molecular flexibility index (Phi) is 3.68. The van der Waals surface area contributed by atoms with Crippen LogP contribution in [-0.2, 0) is 16.4 Å². The largest absolute Gasteiger partial charge is 0.332 e. The fraction of sp³-hybridized carbons (Fsp3) is 0.636. The molecule has 0 amide bonds. The van der Waals surface area contributed by atoms with E-state index < -0.39 is 10.0 Å². The number of rotatable bonds is 3. The van der Waals surface area contributed by atoms with Crippen molar-refractivity contribution in [2.45, 2.75) is 31.2 Å². The molecule has 0 bridgehead atoms. The average Bonchev–Trinajstić information content (AvgIpc) is 2.88. The minimum atomic E-state index is -3.53. The summed E-state index contributed by atoms with van der Waals surface area (Å²) in [6, 6.07) is 2.14. The van der Waals surface area contributed by atoms with Crippen molar-refractivity contribution < 1.29 is 8.42 Å². The molecule has 1 unspecified atom stereocenters. The number of nitrogens with one attached hydrogen (secondary N) is 1. The lowest BCUT2D eigenvalue weighted by Gasteiger charge is -2.27. The number of piperidine rings is 1. The molecule has 0 radical (unpaired) electrons. The van der Waals surface area contributed by atoms with E-state index in [4.69, 9.17) is 5.26 Å². The van der Waals surface area contributed by atoms with E-state index in [1.807, 2.05) is 6.92 Å². The van der Waals surface area contributed by atoms with Gasteiger partial charge in [-0.1, -0.05) is 6.92 Å². The van der Waals surface area contributed by atoms with Gasteiger partial charge in [0.1, 0.15) is 5.82 Å². The molecule has 7 heteroatoms. The molecule has 18 heavy (non-hydrogen) atoms. The topological polar surface area (TPSA) is 89.8 Å². The van der Waals surface area contributed by atoms with Crippen LogP contribution in [0.3, 0.4) is 0 Å². The van der Waals surface area contributed by atoms with Crippen LogP contribution < -0.4 is 0 Å². The quantitative estimate of drug-likeness (QED) is 0.881. The van der Waals surface area contributed by atoms with Gasteiger partial charge < -0.3 is 4.98 Å². The van der Waals surface area contributed by atoms with Crippen molar-refractivity contribution in [1.29, 1.82) is 5.26 Å². The van der Waals surface area contributed by atoms with Crippen LogP contribution in [-0.4, -0.2) is 35.8 Å². The first kappa shape index (κ1) is 13.1. The van der Waals surface area contributed by atoms with Crippen molar-refractivity contribution in [2.75, 3.05) is 13.1 Å². The van der Waals surface area contributed by atoms with E-state index in [0.29, 0.717) is 18.8 Å². The Hall–Kier alpha value is -1.39. The van der Waals surface area contributed by atoms with Crippen LogP contribution >= 0.6 is 0 Å². The smallest absolute Gasteiger partial charge is 0.260 e. The summed E-state index contributed by atoms with van der Waals surface area (Å²) in [5.74, 6) is 0.449. The van der Waals surface area contributed by atoms with Crippen LogP contribution in [0.1, 0.15) is 25.6 Å². The first-order chi connectivity index (χ1) is 8.57. The molecule has 1 N–H and O–H groups in total. The van der Waals surface area contributed by atoms with E-state index in [9.17, 15) is 8.42 Å². The Morgan fingerprint density at radius 3 is 3.06 bits per heavy atom. The minimum Gasteiger partial charge on any atom is -0.332 e. The fourth-order valence-corrected chi connectivity index (χ4v) is 3.52. The molecule has 1 aromatic rings. The minimum absolute atomic E-state index is 0.123. The summed E-state index contributed by atoms with van der Waals surface area (Å²) < 4.78 is 26.0. The molecule has 98 valence electrons. The third-order valence-electron chi connectivity index (χ3n) is 3.12. The van der Waals surface area contributed by atoms with Crippen LogP contribution in [0.5, 0.6) is 0 Å². The predicted octanol–water partition coefficient (Wildman–Crippen LogP) is 0.896. The third-order valence-corrected chi connectivity index (χ3v) is 4.90. The number of H-pyrrole nitrogens is 1. The molecule has 1 aliphatic rings. The second-order valence-corrected chi connectivity index (χ2v) is 6.29. The fourth-order valence-electron chi connectivity index (χ4n) is 2.06. The van der Waals surface area contributed by atoms with Gasteiger partial charge in [-0.2, -0.15) is 9.57 Å². The van der Waals surface area contributed by atoms with E-state index in [-0.39, 0.29) is 17.5 Å². The molecule has 1 aromatic heterocycles. The predicted molar refractivity (Wildman–Crippen MR) is 65.1 cm³/mol. The van der Waals surface area contributed by atoms with Crippen LogP contribution in [0.25, 0.3) is 0 Å². The maximum absolute atomic E-state index is 12.3. The van der Waals surface area contributed by atoms with E-state index in [1.54, 1.807) is 0 Å². The lowest BCUT2D eigenvalue weighted by Crippen LogP contribution is -2.39. The third kappa shape index (κ3) is 2.40. The molecule has 1 saturated heterocycles. The zero-order chi connectivity index (χ0) is 13.2.